The van der Waals surface area contributed by atoms with Gasteiger partial charge in [0.05, 0.1) is 18.8 Å². The molecule has 90 valence electrons. The highest BCUT2D eigenvalue weighted by atomic mass is 16.5. The van der Waals surface area contributed by atoms with Crippen LogP contribution in [0.25, 0.3) is 0 Å². The van der Waals surface area contributed by atoms with E-state index in [2.05, 4.69) is 0 Å². The zero-order chi connectivity index (χ0) is 12.1. The van der Waals surface area contributed by atoms with E-state index >= 15 is 0 Å². The van der Waals surface area contributed by atoms with E-state index < -0.39 is 6.10 Å². The first-order chi connectivity index (χ1) is 7.50. The molecule has 0 heterocycles. The van der Waals surface area contributed by atoms with Gasteiger partial charge in [-0.05, 0) is 32.9 Å². The summed E-state index contributed by atoms with van der Waals surface area (Å²) in [4.78, 5) is 0. The van der Waals surface area contributed by atoms with E-state index in [1.54, 1.807) is 13.8 Å². The van der Waals surface area contributed by atoms with Gasteiger partial charge in [0.15, 0.2) is 0 Å². The summed E-state index contributed by atoms with van der Waals surface area (Å²) in [5.41, 5.74) is 1.89. The van der Waals surface area contributed by atoms with Gasteiger partial charge < -0.3 is 14.9 Å². The molecule has 1 rings (SSSR count). The SMILES string of the molecule is Cc1ccc(OCCC(C)O)c(C(C)O)c1. The van der Waals surface area contributed by atoms with Crippen LogP contribution in [0.15, 0.2) is 18.2 Å². The first-order valence-electron chi connectivity index (χ1n) is 5.60. The molecule has 0 spiro atoms. The Kier molecular flexibility index (Phi) is 4.77. The lowest BCUT2D eigenvalue weighted by atomic mass is 10.1. The molecule has 2 unspecified atom stereocenters. The van der Waals surface area contributed by atoms with Crippen LogP contribution in [-0.2, 0) is 0 Å². The van der Waals surface area contributed by atoms with Gasteiger partial charge in [-0.1, -0.05) is 11.6 Å². The molecule has 0 aliphatic heterocycles. The van der Waals surface area contributed by atoms with Crippen LogP contribution in [0.2, 0.25) is 0 Å². The molecule has 0 aliphatic carbocycles. The van der Waals surface area contributed by atoms with Gasteiger partial charge in [0, 0.05) is 12.0 Å². The van der Waals surface area contributed by atoms with E-state index in [4.69, 9.17) is 9.84 Å². The summed E-state index contributed by atoms with van der Waals surface area (Å²) in [6, 6.07) is 5.73. The molecule has 0 saturated carbocycles. The Labute approximate surface area is 96.7 Å². The van der Waals surface area contributed by atoms with Crippen molar-refractivity contribution >= 4 is 0 Å². The minimum Gasteiger partial charge on any atom is -0.493 e. The maximum atomic E-state index is 9.61. The molecule has 1 aromatic carbocycles. The molecule has 3 heteroatoms. The maximum Gasteiger partial charge on any atom is 0.125 e. The summed E-state index contributed by atoms with van der Waals surface area (Å²) in [6.07, 6.45) is -0.311. The van der Waals surface area contributed by atoms with Crippen LogP contribution in [0.1, 0.15) is 37.5 Å². The van der Waals surface area contributed by atoms with Crippen molar-refractivity contribution in [2.75, 3.05) is 6.61 Å². The number of ether oxygens (including phenoxy) is 1. The highest BCUT2D eigenvalue weighted by Crippen LogP contribution is 2.26. The zero-order valence-corrected chi connectivity index (χ0v) is 10.1. The van der Waals surface area contributed by atoms with E-state index in [-0.39, 0.29) is 6.10 Å². The van der Waals surface area contributed by atoms with E-state index in [1.807, 2.05) is 25.1 Å². The van der Waals surface area contributed by atoms with Crippen molar-refractivity contribution in [3.05, 3.63) is 29.3 Å². The Morgan fingerprint density at radius 2 is 1.94 bits per heavy atom. The number of hydrogen-bond donors (Lipinski definition) is 2. The van der Waals surface area contributed by atoms with Gasteiger partial charge in [0.2, 0.25) is 0 Å². The predicted octanol–water partition coefficient (Wildman–Crippen LogP) is 2.20. The van der Waals surface area contributed by atoms with Crippen LogP contribution in [0.4, 0.5) is 0 Å². The summed E-state index contributed by atoms with van der Waals surface area (Å²) < 4.78 is 5.54. The number of hydrogen-bond acceptors (Lipinski definition) is 3. The lowest BCUT2D eigenvalue weighted by Crippen LogP contribution is -2.09. The number of aryl methyl sites for hydroxylation is 1. The number of benzene rings is 1. The zero-order valence-electron chi connectivity index (χ0n) is 10.1. The lowest BCUT2D eigenvalue weighted by molar-refractivity contribution is 0.151. The second-order valence-electron chi connectivity index (χ2n) is 4.20. The van der Waals surface area contributed by atoms with Crippen molar-refractivity contribution in [3.63, 3.8) is 0 Å². The van der Waals surface area contributed by atoms with E-state index in [0.717, 1.165) is 11.1 Å². The summed E-state index contributed by atoms with van der Waals surface area (Å²) in [5, 5.41) is 18.7. The number of aliphatic hydroxyl groups excluding tert-OH is 2. The smallest absolute Gasteiger partial charge is 0.125 e. The van der Waals surface area contributed by atoms with Crippen LogP contribution < -0.4 is 4.74 Å². The van der Waals surface area contributed by atoms with Crippen molar-refractivity contribution in [2.45, 2.75) is 39.4 Å². The van der Waals surface area contributed by atoms with Crippen molar-refractivity contribution in [3.8, 4) is 5.75 Å². The second kappa shape index (κ2) is 5.87. The molecule has 16 heavy (non-hydrogen) atoms. The largest absolute Gasteiger partial charge is 0.493 e. The average Bonchev–Trinajstić information content (AvgIpc) is 2.19. The standard InChI is InChI=1S/C13H20O3/c1-9-4-5-13(12(8-9)11(3)15)16-7-6-10(2)14/h4-5,8,10-11,14-15H,6-7H2,1-3H3. The van der Waals surface area contributed by atoms with Crippen LogP contribution in [0.5, 0.6) is 5.75 Å². The van der Waals surface area contributed by atoms with Crippen LogP contribution in [-0.4, -0.2) is 22.9 Å². The Balaban J connectivity index is 2.71. The van der Waals surface area contributed by atoms with Crippen LogP contribution in [0.3, 0.4) is 0 Å². The van der Waals surface area contributed by atoms with E-state index in [0.29, 0.717) is 18.8 Å². The quantitative estimate of drug-likeness (QED) is 0.806. The first kappa shape index (κ1) is 13.0. The van der Waals surface area contributed by atoms with Gasteiger partial charge in [0.25, 0.3) is 0 Å². The molecule has 3 nitrogen and oxygen atoms in total. The average molecular weight is 224 g/mol. The van der Waals surface area contributed by atoms with E-state index in [9.17, 15) is 5.11 Å². The molecule has 2 N–H and O–H groups in total. The third kappa shape index (κ3) is 3.83. The van der Waals surface area contributed by atoms with Gasteiger partial charge in [-0.15, -0.1) is 0 Å². The number of aliphatic hydroxyl groups is 2. The van der Waals surface area contributed by atoms with E-state index in [1.165, 1.54) is 0 Å². The van der Waals surface area contributed by atoms with Gasteiger partial charge in [-0.25, -0.2) is 0 Å². The molecule has 0 aliphatic rings. The monoisotopic (exact) mass is 224 g/mol. The van der Waals surface area contributed by atoms with Crippen LogP contribution >= 0.6 is 0 Å². The maximum absolute atomic E-state index is 9.61. The normalized spacial score (nSPS) is 14.6. The molecule has 2 atom stereocenters. The van der Waals surface area contributed by atoms with Gasteiger partial charge in [-0.3, -0.25) is 0 Å². The molecular weight excluding hydrogens is 204 g/mol. The van der Waals surface area contributed by atoms with Gasteiger partial charge in [-0.2, -0.15) is 0 Å². The molecule has 0 bridgehead atoms. The topological polar surface area (TPSA) is 49.7 Å². The predicted molar refractivity (Wildman–Crippen MR) is 63.6 cm³/mol. The Morgan fingerprint density at radius 1 is 1.25 bits per heavy atom. The fourth-order valence-electron chi connectivity index (χ4n) is 1.47. The lowest BCUT2D eigenvalue weighted by Gasteiger charge is -2.14. The summed E-state index contributed by atoms with van der Waals surface area (Å²) in [6.45, 7) is 5.89. The second-order valence-corrected chi connectivity index (χ2v) is 4.20. The molecule has 0 fully saturated rings. The molecule has 1 aromatic rings. The van der Waals surface area contributed by atoms with Gasteiger partial charge in [0.1, 0.15) is 5.75 Å². The highest BCUT2D eigenvalue weighted by Gasteiger charge is 2.09. The minimum atomic E-state index is -0.540. The van der Waals surface area contributed by atoms with Crippen molar-refractivity contribution < 1.29 is 14.9 Å². The Morgan fingerprint density at radius 3 is 2.50 bits per heavy atom. The van der Waals surface area contributed by atoms with Crippen molar-refractivity contribution in [2.24, 2.45) is 0 Å². The highest BCUT2D eigenvalue weighted by molar-refractivity contribution is 5.38. The molecule has 0 amide bonds. The third-order valence-electron chi connectivity index (χ3n) is 2.41. The molecule has 0 radical (unpaired) electrons. The summed E-state index contributed by atoms with van der Waals surface area (Å²) >= 11 is 0. The number of rotatable bonds is 5. The first-order valence-corrected chi connectivity index (χ1v) is 5.60. The summed E-state index contributed by atoms with van der Waals surface area (Å²) in [5.74, 6) is 0.696. The van der Waals surface area contributed by atoms with Crippen molar-refractivity contribution in [1.82, 2.24) is 0 Å². The Bertz CT molecular complexity index is 332. The molecular formula is C13H20O3. The fraction of sp³-hybridized carbons (Fsp3) is 0.538. The van der Waals surface area contributed by atoms with Crippen molar-refractivity contribution in [1.29, 1.82) is 0 Å². The molecule has 0 aromatic heterocycles. The van der Waals surface area contributed by atoms with Gasteiger partial charge >= 0.3 is 0 Å². The summed E-state index contributed by atoms with van der Waals surface area (Å²) in [7, 11) is 0. The minimum absolute atomic E-state index is 0.361. The Hall–Kier alpha value is -1.06. The third-order valence-corrected chi connectivity index (χ3v) is 2.41. The fourth-order valence-corrected chi connectivity index (χ4v) is 1.47. The van der Waals surface area contributed by atoms with Crippen LogP contribution in [0, 0.1) is 6.92 Å². The molecule has 0 saturated heterocycles.